The van der Waals surface area contributed by atoms with Crippen LogP contribution in [0.2, 0.25) is 0 Å². The molecule has 10 nitrogen and oxygen atoms in total. The van der Waals surface area contributed by atoms with Gasteiger partial charge >= 0.3 is 11.7 Å². The summed E-state index contributed by atoms with van der Waals surface area (Å²) < 4.78 is 24.3. The molecule has 0 aliphatic carbocycles. The monoisotopic (exact) mass is 385 g/mol. The van der Waals surface area contributed by atoms with Gasteiger partial charge in [0, 0.05) is 31.8 Å². The molecule has 1 heterocycles. The Bertz CT molecular complexity index is 715. The number of carboxylic acids is 1. The molecule has 148 valence electrons. The van der Waals surface area contributed by atoms with Crippen LogP contribution in [0.15, 0.2) is 18.2 Å². The van der Waals surface area contributed by atoms with Gasteiger partial charge in [-0.2, -0.15) is 4.39 Å². The standard InChI is InChI=1S/C16H20FN3O7/c1-18(9-16(22)23)7-12-8-19(4-5-26-12)15(21)10-27-11-2-3-14(20(24)25)13(17)6-11/h2-3,6,12H,4-5,7-10H2,1H3,(H,22,23). The van der Waals surface area contributed by atoms with Crippen LogP contribution in [0, 0.1) is 15.9 Å². The lowest BCUT2D eigenvalue weighted by molar-refractivity contribution is -0.387. The zero-order valence-electron chi connectivity index (χ0n) is 14.7. The first-order chi connectivity index (χ1) is 12.8. The largest absolute Gasteiger partial charge is 0.484 e. The van der Waals surface area contributed by atoms with E-state index in [0.717, 1.165) is 12.1 Å². The van der Waals surface area contributed by atoms with Gasteiger partial charge in [0.2, 0.25) is 5.82 Å². The molecule has 1 N–H and O–H groups in total. The third-order valence-corrected chi connectivity index (χ3v) is 3.89. The summed E-state index contributed by atoms with van der Waals surface area (Å²) in [5.41, 5.74) is -0.671. The van der Waals surface area contributed by atoms with E-state index < -0.39 is 22.4 Å². The first-order valence-corrected chi connectivity index (χ1v) is 8.12. The van der Waals surface area contributed by atoms with E-state index >= 15 is 0 Å². The van der Waals surface area contributed by atoms with Crippen LogP contribution in [0.1, 0.15) is 0 Å². The number of nitro benzene ring substituents is 1. The van der Waals surface area contributed by atoms with Gasteiger partial charge in [0.25, 0.3) is 5.91 Å². The van der Waals surface area contributed by atoms with E-state index in [1.807, 2.05) is 0 Å². The van der Waals surface area contributed by atoms with Gasteiger partial charge in [-0.15, -0.1) is 0 Å². The fraction of sp³-hybridized carbons (Fsp3) is 0.500. The number of rotatable bonds is 8. The van der Waals surface area contributed by atoms with Crippen LogP contribution in [-0.2, 0) is 14.3 Å². The number of amides is 1. The molecule has 0 radical (unpaired) electrons. The number of halogens is 1. The van der Waals surface area contributed by atoms with Crippen molar-refractivity contribution in [3.8, 4) is 5.75 Å². The van der Waals surface area contributed by atoms with Crippen molar-refractivity contribution in [2.24, 2.45) is 0 Å². The molecule has 11 heteroatoms. The van der Waals surface area contributed by atoms with Crippen molar-refractivity contribution in [3.63, 3.8) is 0 Å². The Kier molecular flexibility index (Phi) is 7.02. The summed E-state index contributed by atoms with van der Waals surface area (Å²) in [5.74, 6) is -2.33. The second kappa shape index (κ2) is 9.24. The molecular weight excluding hydrogens is 365 g/mol. The average Bonchev–Trinajstić information content (AvgIpc) is 2.58. The summed E-state index contributed by atoms with van der Waals surface area (Å²) in [7, 11) is 1.64. The Balaban J connectivity index is 1.85. The predicted octanol–water partition coefficient (Wildman–Crippen LogP) is 0.357. The van der Waals surface area contributed by atoms with Gasteiger partial charge in [0.15, 0.2) is 6.61 Å². The number of benzene rings is 1. The summed E-state index contributed by atoms with van der Waals surface area (Å²) in [4.78, 5) is 35.8. The maximum atomic E-state index is 13.6. The van der Waals surface area contributed by atoms with Crippen LogP contribution in [0.3, 0.4) is 0 Å². The minimum Gasteiger partial charge on any atom is -0.484 e. The molecule has 0 spiro atoms. The molecule has 1 atom stereocenters. The van der Waals surface area contributed by atoms with Gasteiger partial charge in [-0.05, 0) is 13.1 Å². The van der Waals surface area contributed by atoms with Crippen LogP contribution >= 0.6 is 0 Å². The maximum absolute atomic E-state index is 13.6. The number of carbonyl (C=O) groups excluding carboxylic acids is 1. The van der Waals surface area contributed by atoms with Gasteiger partial charge in [-0.1, -0.05) is 0 Å². The fourth-order valence-corrected chi connectivity index (χ4v) is 2.66. The van der Waals surface area contributed by atoms with Crippen LogP contribution in [0.25, 0.3) is 0 Å². The van der Waals surface area contributed by atoms with Crippen molar-refractivity contribution in [3.05, 3.63) is 34.1 Å². The molecule has 0 aromatic heterocycles. The molecule has 0 saturated carbocycles. The number of likely N-dealkylation sites (N-methyl/N-ethyl adjacent to an activating group) is 1. The number of hydrogen-bond donors (Lipinski definition) is 1. The third-order valence-electron chi connectivity index (χ3n) is 3.89. The first-order valence-electron chi connectivity index (χ1n) is 8.12. The fourth-order valence-electron chi connectivity index (χ4n) is 2.66. The zero-order valence-corrected chi connectivity index (χ0v) is 14.7. The Hall–Kier alpha value is -2.79. The molecule has 1 fully saturated rings. The minimum absolute atomic E-state index is 0.0115. The third kappa shape index (κ3) is 6.15. The van der Waals surface area contributed by atoms with E-state index in [2.05, 4.69) is 0 Å². The molecule has 1 unspecified atom stereocenters. The van der Waals surface area contributed by atoms with Gasteiger partial charge in [-0.3, -0.25) is 24.6 Å². The van der Waals surface area contributed by atoms with E-state index in [0.29, 0.717) is 19.7 Å². The lowest BCUT2D eigenvalue weighted by Gasteiger charge is -2.34. The summed E-state index contributed by atoms with van der Waals surface area (Å²) in [6, 6.07) is 3.05. The molecular formula is C16H20FN3O7. The molecule has 1 aromatic rings. The van der Waals surface area contributed by atoms with E-state index in [1.165, 1.54) is 11.0 Å². The highest BCUT2D eigenvalue weighted by molar-refractivity contribution is 5.78. The number of nitrogens with zero attached hydrogens (tertiary/aromatic N) is 3. The molecule has 1 aliphatic heterocycles. The Morgan fingerprint density at radius 3 is 2.89 bits per heavy atom. The maximum Gasteiger partial charge on any atom is 0.317 e. The number of morpholine rings is 1. The Morgan fingerprint density at radius 1 is 1.52 bits per heavy atom. The highest BCUT2D eigenvalue weighted by Crippen LogP contribution is 2.22. The van der Waals surface area contributed by atoms with Crippen molar-refractivity contribution >= 4 is 17.6 Å². The first kappa shape index (κ1) is 20.5. The second-order valence-corrected chi connectivity index (χ2v) is 6.08. The molecule has 1 aromatic carbocycles. The Morgan fingerprint density at radius 2 is 2.26 bits per heavy atom. The summed E-state index contributed by atoms with van der Waals surface area (Å²) in [6.45, 7) is 0.808. The highest BCUT2D eigenvalue weighted by atomic mass is 19.1. The normalized spacial score (nSPS) is 17.0. The molecule has 1 amide bonds. The lowest BCUT2D eigenvalue weighted by Crippen LogP contribution is -2.50. The Labute approximate surface area is 154 Å². The SMILES string of the molecule is CN(CC(=O)O)CC1CN(C(=O)COc2ccc([N+](=O)[O-])c(F)c2)CCO1. The van der Waals surface area contributed by atoms with Crippen molar-refractivity contribution < 1.29 is 33.5 Å². The van der Waals surface area contributed by atoms with E-state index in [1.54, 1.807) is 11.9 Å². The van der Waals surface area contributed by atoms with Crippen molar-refractivity contribution in [1.82, 2.24) is 9.80 Å². The average molecular weight is 385 g/mol. The van der Waals surface area contributed by atoms with E-state index in [4.69, 9.17) is 14.6 Å². The number of aliphatic carboxylic acids is 1. The number of hydrogen-bond acceptors (Lipinski definition) is 7. The number of nitro groups is 1. The van der Waals surface area contributed by atoms with Crippen molar-refractivity contribution in [2.45, 2.75) is 6.10 Å². The summed E-state index contributed by atoms with van der Waals surface area (Å²) >= 11 is 0. The van der Waals surface area contributed by atoms with E-state index in [-0.39, 0.29) is 37.5 Å². The molecule has 27 heavy (non-hydrogen) atoms. The molecule has 1 saturated heterocycles. The van der Waals surface area contributed by atoms with Gasteiger partial charge < -0.3 is 19.5 Å². The number of carboxylic acid groups (broad SMARTS) is 1. The van der Waals surface area contributed by atoms with Crippen LogP contribution in [0.5, 0.6) is 5.75 Å². The number of ether oxygens (including phenoxy) is 2. The number of carbonyl (C=O) groups is 2. The highest BCUT2D eigenvalue weighted by Gasteiger charge is 2.26. The van der Waals surface area contributed by atoms with Crippen LogP contribution in [-0.4, -0.2) is 84.3 Å². The van der Waals surface area contributed by atoms with Crippen molar-refractivity contribution in [1.29, 1.82) is 0 Å². The van der Waals surface area contributed by atoms with Crippen LogP contribution in [0.4, 0.5) is 10.1 Å². The smallest absolute Gasteiger partial charge is 0.317 e. The quantitative estimate of drug-likeness (QED) is 0.503. The lowest BCUT2D eigenvalue weighted by atomic mass is 10.2. The topological polar surface area (TPSA) is 122 Å². The van der Waals surface area contributed by atoms with Crippen LogP contribution < -0.4 is 4.74 Å². The molecule has 2 rings (SSSR count). The molecule has 1 aliphatic rings. The molecule has 0 bridgehead atoms. The summed E-state index contributed by atoms with van der Waals surface area (Å²) in [5, 5.41) is 19.4. The van der Waals surface area contributed by atoms with Crippen molar-refractivity contribution in [2.75, 3.05) is 46.4 Å². The zero-order chi connectivity index (χ0) is 20.0. The second-order valence-electron chi connectivity index (χ2n) is 6.08. The van der Waals surface area contributed by atoms with Gasteiger partial charge in [-0.25, -0.2) is 0 Å². The van der Waals surface area contributed by atoms with E-state index in [9.17, 15) is 24.1 Å². The predicted molar refractivity (Wildman–Crippen MR) is 90.0 cm³/mol. The van der Waals surface area contributed by atoms with Gasteiger partial charge in [0.05, 0.1) is 24.2 Å². The summed E-state index contributed by atoms with van der Waals surface area (Å²) in [6.07, 6.45) is -0.330. The minimum atomic E-state index is -1.04. The van der Waals surface area contributed by atoms with Gasteiger partial charge in [0.1, 0.15) is 5.75 Å².